The van der Waals surface area contributed by atoms with E-state index in [4.69, 9.17) is 0 Å². The number of anilines is 1. The second-order valence-electron chi connectivity index (χ2n) is 4.77. The van der Waals surface area contributed by atoms with Crippen molar-refractivity contribution in [1.29, 1.82) is 0 Å². The van der Waals surface area contributed by atoms with E-state index in [0.717, 1.165) is 34.1 Å². The van der Waals surface area contributed by atoms with Crippen molar-refractivity contribution in [3.8, 4) is 0 Å². The molecule has 0 aliphatic rings. The Morgan fingerprint density at radius 1 is 1.14 bits per heavy atom. The van der Waals surface area contributed by atoms with E-state index in [1.165, 1.54) is 18.2 Å². The molecular weight excluding hydrogens is 333 g/mol. The lowest BCUT2D eigenvalue weighted by Crippen LogP contribution is -2.15. The van der Waals surface area contributed by atoms with Crippen molar-refractivity contribution in [3.05, 3.63) is 63.4 Å². The van der Waals surface area contributed by atoms with E-state index in [2.05, 4.69) is 21.2 Å². The molecule has 0 unspecified atom stereocenters. The lowest BCUT2D eigenvalue weighted by molar-refractivity contribution is 0.102. The molecule has 1 N–H and O–H groups in total. The standard InChI is InChI=1S/C17H17BrFNO/c1-3-11-8-14(18)9-12(4-2)16(11)20-17(21)13-6-5-7-15(19)10-13/h5-10H,3-4H2,1-2H3,(H,20,21). The van der Waals surface area contributed by atoms with Gasteiger partial charge in [-0.3, -0.25) is 4.79 Å². The molecule has 0 heterocycles. The van der Waals surface area contributed by atoms with Crippen LogP contribution in [0.1, 0.15) is 35.3 Å². The molecule has 0 radical (unpaired) electrons. The molecule has 0 aromatic heterocycles. The van der Waals surface area contributed by atoms with Crippen molar-refractivity contribution in [2.45, 2.75) is 26.7 Å². The fraction of sp³-hybridized carbons (Fsp3) is 0.235. The summed E-state index contributed by atoms with van der Waals surface area (Å²) < 4.78 is 14.2. The monoisotopic (exact) mass is 349 g/mol. The van der Waals surface area contributed by atoms with Gasteiger partial charge in [-0.15, -0.1) is 0 Å². The molecule has 0 aliphatic carbocycles. The van der Waals surface area contributed by atoms with Crippen LogP contribution in [0.25, 0.3) is 0 Å². The molecule has 0 atom stereocenters. The quantitative estimate of drug-likeness (QED) is 0.829. The normalized spacial score (nSPS) is 10.5. The predicted octanol–water partition coefficient (Wildman–Crippen LogP) is 4.97. The Morgan fingerprint density at radius 2 is 1.76 bits per heavy atom. The molecule has 0 aliphatic heterocycles. The van der Waals surface area contributed by atoms with Gasteiger partial charge in [0.15, 0.2) is 0 Å². The van der Waals surface area contributed by atoms with Crippen molar-refractivity contribution in [1.82, 2.24) is 0 Å². The molecule has 2 aromatic carbocycles. The van der Waals surface area contributed by atoms with Gasteiger partial charge >= 0.3 is 0 Å². The second kappa shape index (κ2) is 6.85. The Balaban J connectivity index is 2.36. The van der Waals surface area contributed by atoms with Gasteiger partial charge in [0.25, 0.3) is 5.91 Å². The van der Waals surface area contributed by atoms with Gasteiger partial charge in [0.1, 0.15) is 5.82 Å². The largest absolute Gasteiger partial charge is 0.321 e. The number of nitrogens with one attached hydrogen (secondary N) is 1. The van der Waals surface area contributed by atoms with Gasteiger partial charge in [0.05, 0.1) is 0 Å². The third kappa shape index (κ3) is 3.70. The number of hydrogen-bond donors (Lipinski definition) is 1. The van der Waals surface area contributed by atoms with Crippen LogP contribution in [0.4, 0.5) is 10.1 Å². The van der Waals surface area contributed by atoms with Crippen LogP contribution >= 0.6 is 15.9 Å². The number of halogens is 2. The summed E-state index contributed by atoms with van der Waals surface area (Å²) in [4.78, 5) is 12.3. The minimum absolute atomic E-state index is 0.291. The fourth-order valence-electron chi connectivity index (χ4n) is 2.26. The summed E-state index contributed by atoms with van der Waals surface area (Å²) in [7, 11) is 0. The zero-order valence-electron chi connectivity index (χ0n) is 12.0. The average molecular weight is 350 g/mol. The lowest BCUT2D eigenvalue weighted by atomic mass is 10.0. The van der Waals surface area contributed by atoms with E-state index in [1.54, 1.807) is 6.07 Å². The van der Waals surface area contributed by atoms with Crippen LogP contribution in [0, 0.1) is 5.82 Å². The van der Waals surface area contributed by atoms with E-state index < -0.39 is 5.82 Å². The summed E-state index contributed by atoms with van der Waals surface area (Å²) in [6.45, 7) is 4.08. The minimum atomic E-state index is -0.412. The molecule has 0 saturated heterocycles. The second-order valence-corrected chi connectivity index (χ2v) is 5.69. The summed E-state index contributed by atoms with van der Waals surface area (Å²) in [5.41, 5.74) is 3.27. The minimum Gasteiger partial charge on any atom is -0.321 e. The Bertz CT molecular complexity index is 645. The number of amides is 1. The van der Waals surface area contributed by atoms with Crippen LogP contribution < -0.4 is 5.32 Å². The molecule has 0 saturated carbocycles. The van der Waals surface area contributed by atoms with Gasteiger partial charge in [0, 0.05) is 15.7 Å². The van der Waals surface area contributed by atoms with E-state index >= 15 is 0 Å². The summed E-state index contributed by atoms with van der Waals surface area (Å²) in [5.74, 6) is -0.703. The molecule has 4 heteroatoms. The van der Waals surface area contributed by atoms with E-state index in [1.807, 2.05) is 26.0 Å². The molecule has 0 bridgehead atoms. The van der Waals surface area contributed by atoms with Crippen LogP contribution in [0.15, 0.2) is 40.9 Å². The van der Waals surface area contributed by atoms with E-state index in [-0.39, 0.29) is 5.91 Å². The predicted molar refractivity (Wildman–Crippen MR) is 87.3 cm³/mol. The van der Waals surface area contributed by atoms with Gasteiger partial charge in [-0.1, -0.05) is 35.8 Å². The maximum Gasteiger partial charge on any atom is 0.255 e. The average Bonchev–Trinajstić information content (AvgIpc) is 2.48. The van der Waals surface area contributed by atoms with E-state index in [0.29, 0.717) is 5.56 Å². The molecule has 0 spiro atoms. The molecule has 1 amide bonds. The Kier molecular flexibility index (Phi) is 5.12. The van der Waals surface area contributed by atoms with Crippen LogP contribution in [-0.4, -0.2) is 5.91 Å². The number of hydrogen-bond acceptors (Lipinski definition) is 1. The number of benzene rings is 2. The fourth-order valence-corrected chi connectivity index (χ4v) is 2.81. The van der Waals surface area contributed by atoms with Crippen molar-refractivity contribution in [2.24, 2.45) is 0 Å². The third-order valence-corrected chi connectivity index (χ3v) is 3.81. The van der Waals surface area contributed by atoms with Gasteiger partial charge in [-0.25, -0.2) is 4.39 Å². The summed E-state index contributed by atoms with van der Waals surface area (Å²) in [6, 6.07) is 9.71. The van der Waals surface area contributed by atoms with Crippen molar-refractivity contribution >= 4 is 27.5 Å². The summed E-state index contributed by atoms with van der Waals surface area (Å²) in [6.07, 6.45) is 1.62. The smallest absolute Gasteiger partial charge is 0.255 e. The van der Waals surface area contributed by atoms with Gasteiger partial charge in [0.2, 0.25) is 0 Å². The summed E-state index contributed by atoms with van der Waals surface area (Å²) >= 11 is 3.49. The molecule has 0 fully saturated rings. The van der Waals surface area contributed by atoms with Crippen LogP contribution in [0.3, 0.4) is 0 Å². The molecule has 2 rings (SSSR count). The van der Waals surface area contributed by atoms with Crippen molar-refractivity contribution in [2.75, 3.05) is 5.32 Å². The first-order chi connectivity index (χ1) is 10.0. The highest BCUT2D eigenvalue weighted by Gasteiger charge is 2.13. The van der Waals surface area contributed by atoms with Crippen molar-refractivity contribution < 1.29 is 9.18 Å². The van der Waals surface area contributed by atoms with Crippen LogP contribution in [-0.2, 0) is 12.8 Å². The number of rotatable bonds is 4. The Hall–Kier alpha value is -1.68. The first kappa shape index (κ1) is 15.7. The highest BCUT2D eigenvalue weighted by atomic mass is 79.9. The number of carbonyl (C=O) groups is 1. The highest BCUT2D eigenvalue weighted by Crippen LogP contribution is 2.28. The van der Waals surface area contributed by atoms with Crippen LogP contribution in [0.5, 0.6) is 0 Å². The third-order valence-electron chi connectivity index (χ3n) is 3.35. The molecule has 2 nitrogen and oxygen atoms in total. The molecular formula is C17H17BrFNO. The Labute approximate surface area is 132 Å². The van der Waals surface area contributed by atoms with Crippen LogP contribution in [0.2, 0.25) is 0 Å². The maximum atomic E-state index is 13.2. The first-order valence-corrected chi connectivity index (χ1v) is 7.72. The zero-order chi connectivity index (χ0) is 15.4. The molecule has 2 aromatic rings. The van der Waals surface area contributed by atoms with E-state index in [9.17, 15) is 9.18 Å². The summed E-state index contributed by atoms with van der Waals surface area (Å²) in [5, 5.41) is 2.93. The van der Waals surface area contributed by atoms with Gasteiger partial charge in [-0.05, 0) is 54.3 Å². The molecule has 110 valence electrons. The topological polar surface area (TPSA) is 29.1 Å². The number of carbonyl (C=O) groups excluding carboxylic acids is 1. The van der Waals surface area contributed by atoms with Gasteiger partial charge < -0.3 is 5.32 Å². The number of aryl methyl sites for hydroxylation is 2. The van der Waals surface area contributed by atoms with Gasteiger partial charge in [-0.2, -0.15) is 0 Å². The Morgan fingerprint density at radius 3 is 2.29 bits per heavy atom. The highest BCUT2D eigenvalue weighted by molar-refractivity contribution is 9.10. The maximum absolute atomic E-state index is 13.2. The SMILES string of the molecule is CCc1cc(Br)cc(CC)c1NC(=O)c1cccc(F)c1. The van der Waals surface area contributed by atoms with Crippen molar-refractivity contribution in [3.63, 3.8) is 0 Å². The zero-order valence-corrected chi connectivity index (χ0v) is 13.6. The lowest BCUT2D eigenvalue weighted by Gasteiger charge is -2.15. The molecule has 21 heavy (non-hydrogen) atoms. The first-order valence-electron chi connectivity index (χ1n) is 6.93.